The molecule has 42 heavy (non-hydrogen) atoms. The first-order valence-electron chi connectivity index (χ1n) is 14.4. The molecule has 3 N–H and O–H groups in total. The van der Waals surface area contributed by atoms with E-state index in [0.29, 0.717) is 28.6 Å². The summed E-state index contributed by atoms with van der Waals surface area (Å²) in [5.74, 6) is 0.961. The summed E-state index contributed by atoms with van der Waals surface area (Å²) in [5.41, 5.74) is 7.01. The van der Waals surface area contributed by atoms with E-state index in [2.05, 4.69) is 43.6 Å². The first kappa shape index (κ1) is 27.3. The lowest BCUT2D eigenvalue weighted by Crippen LogP contribution is -2.23. The van der Waals surface area contributed by atoms with Crippen LogP contribution in [0, 0.1) is 11.7 Å². The van der Waals surface area contributed by atoms with Crippen molar-refractivity contribution in [3.05, 3.63) is 95.8 Å². The summed E-state index contributed by atoms with van der Waals surface area (Å²) in [5, 5.41) is 12.8. The van der Waals surface area contributed by atoms with E-state index in [9.17, 15) is 4.39 Å². The second-order valence-corrected chi connectivity index (χ2v) is 10.9. The van der Waals surface area contributed by atoms with Crippen molar-refractivity contribution in [3.8, 4) is 22.6 Å². The van der Waals surface area contributed by atoms with Gasteiger partial charge in [0.05, 0.1) is 22.8 Å². The molecule has 0 aliphatic heterocycles. The minimum Gasteiger partial charge on any atom is -0.358 e. The largest absolute Gasteiger partial charge is 0.358 e. The van der Waals surface area contributed by atoms with E-state index in [-0.39, 0.29) is 5.82 Å². The van der Waals surface area contributed by atoms with Gasteiger partial charge in [-0.3, -0.25) is 10.1 Å². The molecule has 212 valence electrons. The molecule has 0 spiro atoms. The third-order valence-corrected chi connectivity index (χ3v) is 7.88. The Hall–Kier alpha value is -4.85. The minimum absolute atomic E-state index is 0.301. The SMILES string of the molecule is C=C(CC1CCCCC1)Nc1cncc(C(=C)/C=c2/c(-c3nc4nccc(-c5cccc(F)c5)c4[nH]3)n[nH]/c2=C/C)c1. The predicted molar refractivity (Wildman–Crippen MR) is 168 cm³/mol. The third kappa shape index (κ3) is 5.79. The van der Waals surface area contributed by atoms with Crippen LogP contribution < -0.4 is 15.9 Å². The van der Waals surface area contributed by atoms with E-state index in [0.717, 1.165) is 50.6 Å². The van der Waals surface area contributed by atoms with Crippen LogP contribution in [-0.2, 0) is 0 Å². The molecular weight excluding hydrogens is 525 g/mol. The second-order valence-electron chi connectivity index (χ2n) is 10.9. The Bertz CT molecular complexity index is 1890. The van der Waals surface area contributed by atoms with E-state index in [1.54, 1.807) is 18.5 Å². The molecule has 0 bridgehead atoms. The smallest absolute Gasteiger partial charge is 0.178 e. The molecule has 0 unspecified atom stereocenters. The number of benzene rings is 1. The first-order valence-corrected chi connectivity index (χ1v) is 14.4. The molecule has 0 atom stereocenters. The Morgan fingerprint density at radius 1 is 1.12 bits per heavy atom. The number of hydrogen-bond acceptors (Lipinski definition) is 5. The Morgan fingerprint density at radius 3 is 2.79 bits per heavy atom. The van der Waals surface area contributed by atoms with Gasteiger partial charge in [0.25, 0.3) is 0 Å². The summed E-state index contributed by atoms with van der Waals surface area (Å²) in [4.78, 5) is 17.0. The van der Waals surface area contributed by atoms with Crippen LogP contribution in [0.4, 0.5) is 10.1 Å². The highest BCUT2D eigenvalue weighted by Gasteiger charge is 2.16. The third-order valence-electron chi connectivity index (χ3n) is 7.88. The lowest BCUT2D eigenvalue weighted by Gasteiger charge is -2.22. The number of pyridine rings is 2. The Morgan fingerprint density at radius 2 is 1.98 bits per heavy atom. The zero-order valence-corrected chi connectivity index (χ0v) is 23.8. The van der Waals surface area contributed by atoms with Crippen LogP contribution in [0.3, 0.4) is 0 Å². The van der Waals surface area contributed by atoms with Gasteiger partial charge in [0, 0.05) is 34.4 Å². The molecule has 5 aromatic rings. The number of allylic oxidation sites excluding steroid dienone is 2. The van der Waals surface area contributed by atoms with Gasteiger partial charge in [-0.15, -0.1) is 0 Å². The number of aromatic nitrogens is 6. The van der Waals surface area contributed by atoms with Gasteiger partial charge in [0.1, 0.15) is 11.5 Å². The molecule has 1 fully saturated rings. The van der Waals surface area contributed by atoms with E-state index in [1.807, 2.05) is 43.5 Å². The van der Waals surface area contributed by atoms with Gasteiger partial charge in [-0.05, 0) is 60.7 Å². The molecule has 0 saturated heterocycles. The molecule has 1 aromatic carbocycles. The summed E-state index contributed by atoms with van der Waals surface area (Å²) in [7, 11) is 0. The molecular formula is C34H34FN7. The summed E-state index contributed by atoms with van der Waals surface area (Å²) in [6.45, 7) is 10.6. The lowest BCUT2D eigenvalue weighted by molar-refractivity contribution is 0.357. The van der Waals surface area contributed by atoms with E-state index in [1.165, 1.54) is 44.2 Å². The number of anilines is 1. The highest BCUT2D eigenvalue weighted by atomic mass is 19.1. The molecule has 0 radical (unpaired) electrons. The van der Waals surface area contributed by atoms with Crippen molar-refractivity contribution in [3.63, 3.8) is 0 Å². The van der Waals surface area contributed by atoms with Gasteiger partial charge >= 0.3 is 0 Å². The Balaban J connectivity index is 1.31. The number of rotatable bonds is 8. The van der Waals surface area contributed by atoms with Gasteiger partial charge in [-0.1, -0.05) is 63.5 Å². The van der Waals surface area contributed by atoms with Gasteiger partial charge in [-0.2, -0.15) is 5.10 Å². The number of H-pyrrole nitrogens is 2. The molecule has 7 nitrogen and oxygen atoms in total. The highest BCUT2D eigenvalue weighted by molar-refractivity contribution is 5.92. The fourth-order valence-corrected chi connectivity index (χ4v) is 5.77. The monoisotopic (exact) mass is 559 g/mol. The number of halogens is 1. The van der Waals surface area contributed by atoms with Crippen LogP contribution >= 0.6 is 0 Å². The average molecular weight is 560 g/mol. The molecule has 1 aliphatic rings. The number of nitrogens with one attached hydrogen (secondary N) is 3. The van der Waals surface area contributed by atoms with E-state index < -0.39 is 0 Å². The van der Waals surface area contributed by atoms with Crippen molar-refractivity contribution >= 4 is 34.6 Å². The zero-order chi connectivity index (χ0) is 29.1. The van der Waals surface area contributed by atoms with Crippen molar-refractivity contribution in [1.82, 2.24) is 30.1 Å². The molecule has 4 aromatic heterocycles. The van der Waals surface area contributed by atoms with Crippen LogP contribution in [0.15, 0.2) is 73.8 Å². The van der Waals surface area contributed by atoms with Crippen molar-refractivity contribution in [2.75, 3.05) is 5.32 Å². The number of nitrogens with zero attached hydrogens (tertiary/aromatic N) is 4. The maximum absolute atomic E-state index is 14.0. The van der Waals surface area contributed by atoms with Gasteiger partial charge in [-0.25, -0.2) is 14.4 Å². The highest BCUT2D eigenvalue weighted by Crippen LogP contribution is 2.30. The average Bonchev–Trinajstić information content (AvgIpc) is 3.61. The standard InChI is InChI=1S/C34H34FN7/c1-4-30-29(15-21(2)25-18-27(20-36-19-25)38-22(3)16-23-9-6-5-7-10-23)32(42-41-30)34-39-31-28(13-14-37-33(31)40-34)24-11-8-12-26(35)17-24/h4,8,11-15,17-20,23,38,41H,2-3,5-7,9-10,16H2,1H3,(H,37,39,40)/b29-15+,30-4+. The van der Waals surface area contributed by atoms with E-state index in [4.69, 9.17) is 4.98 Å². The summed E-state index contributed by atoms with van der Waals surface area (Å²) in [6.07, 6.45) is 16.8. The predicted octanol–water partition coefficient (Wildman–Crippen LogP) is 6.74. The van der Waals surface area contributed by atoms with Crippen LogP contribution in [-0.4, -0.2) is 30.1 Å². The van der Waals surface area contributed by atoms with Crippen LogP contribution in [0.5, 0.6) is 0 Å². The topological polar surface area (TPSA) is 95.2 Å². The fraction of sp³-hybridized carbons (Fsp3) is 0.235. The molecule has 4 heterocycles. The normalized spacial score (nSPS) is 14.9. The van der Waals surface area contributed by atoms with Crippen LogP contribution in [0.1, 0.15) is 51.0 Å². The van der Waals surface area contributed by atoms with E-state index >= 15 is 0 Å². The van der Waals surface area contributed by atoms with Crippen molar-refractivity contribution in [2.24, 2.45) is 5.92 Å². The fourth-order valence-electron chi connectivity index (χ4n) is 5.77. The molecule has 0 amide bonds. The number of hydrogen-bond donors (Lipinski definition) is 3. The van der Waals surface area contributed by atoms with Crippen molar-refractivity contribution in [1.29, 1.82) is 0 Å². The number of fused-ring (bicyclic) bond motifs is 1. The zero-order valence-electron chi connectivity index (χ0n) is 23.8. The maximum Gasteiger partial charge on any atom is 0.178 e. The number of imidazole rings is 1. The second kappa shape index (κ2) is 11.9. The Kier molecular flexibility index (Phi) is 7.77. The van der Waals surface area contributed by atoms with Gasteiger partial charge in [0.15, 0.2) is 11.5 Å². The first-order chi connectivity index (χ1) is 20.5. The molecule has 1 aliphatic carbocycles. The molecule has 8 heteroatoms. The minimum atomic E-state index is -0.301. The van der Waals surface area contributed by atoms with Gasteiger partial charge in [0.2, 0.25) is 0 Å². The van der Waals surface area contributed by atoms with Crippen molar-refractivity contribution in [2.45, 2.75) is 45.4 Å². The van der Waals surface area contributed by atoms with Crippen molar-refractivity contribution < 1.29 is 4.39 Å². The van der Waals surface area contributed by atoms with Crippen LogP contribution in [0.2, 0.25) is 0 Å². The summed E-state index contributed by atoms with van der Waals surface area (Å²) >= 11 is 0. The summed E-state index contributed by atoms with van der Waals surface area (Å²) < 4.78 is 14.0. The summed E-state index contributed by atoms with van der Waals surface area (Å²) in [6, 6.07) is 10.4. The molecule has 1 saturated carbocycles. The lowest BCUT2D eigenvalue weighted by atomic mass is 9.86. The molecule has 6 rings (SSSR count). The van der Waals surface area contributed by atoms with Gasteiger partial charge < -0.3 is 10.3 Å². The maximum atomic E-state index is 14.0. The Labute approximate surface area is 244 Å². The van der Waals surface area contributed by atoms with Crippen LogP contribution in [0.25, 0.3) is 51.5 Å². The quantitative estimate of drug-likeness (QED) is 0.196. The number of aromatic amines is 2.